The van der Waals surface area contributed by atoms with Crippen LogP contribution >= 0.6 is 0 Å². The van der Waals surface area contributed by atoms with Gasteiger partial charge in [0.15, 0.2) is 0 Å². The molecule has 0 saturated heterocycles. The van der Waals surface area contributed by atoms with E-state index in [9.17, 15) is 18.0 Å². The van der Waals surface area contributed by atoms with Gasteiger partial charge in [0.1, 0.15) is 6.04 Å². The molecule has 0 heterocycles. The van der Waals surface area contributed by atoms with Crippen LogP contribution in [0.2, 0.25) is 0 Å². The van der Waals surface area contributed by atoms with Crippen molar-refractivity contribution >= 4 is 5.97 Å². The zero-order chi connectivity index (χ0) is 14.3. The minimum absolute atomic E-state index is 0.108. The molecule has 2 N–H and O–H groups in total. The van der Waals surface area contributed by atoms with E-state index >= 15 is 0 Å². The van der Waals surface area contributed by atoms with Crippen LogP contribution in [0.15, 0.2) is 0 Å². The number of ether oxygens (including phenoxy) is 1. The molecular weight excluding hydrogens is 249 g/mol. The number of alkyl halides is 3. The SMILES string of the molecule is CCOC(=O)C(N)CCN(CC(F)(F)F)C(C)C. The molecule has 0 aromatic carbocycles. The van der Waals surface area contributed by atoms with Crippen molar-refractivity contribution in [2.24, 2.45) is 5.73 Å². The molecule has 0 aliphatic rings. The third kappa shape index (κ3) is 7.50. The Labute approximate surface area is 105 Å². The molecule has 0 spiro atoms. The molecule has 0 aliphatic heterocycles. The molecular formula is C11H21F3N2O2. The summed E-state index contributed by atoms with van der Waals surface area (Å²) in [6.07, 6.45) is -4.11. The van der Waals surface area contributed by atoms with E-state index in [0.29, 0.717) is 0 Å². The molecule has 18 heavy (non-hydrogen) atoms. The quantitative estimate of drug-likeness (QED) is 0.713. The van der Waals surface area contributed by atoms with Crippen molar-refractivity contribution in [2.45, 2.75) is 45.5 Å². The van der Waals surface area contributed by atoms with Crippen LogP contribution in [0.4, 0.5) is 13.2 Å². The molecule has 0 fully saturated rings. The number of nitrogens with two attached hydrogens (primary N) is 1. The van der Waals surface area contributed by atoms with Crippen molar-refractivity contribution in [3.63, 3.8) is 0 Å². The molecule has 0 rings (SSSR count). The van der Waals surface area contributed by atoms with E-state index in [0.717, 1.165) is 0 Å². The van der Waals surface area contributed by atoms with Crippen molar-refractivity contribution in [1.29, 1.82) is 0 Å². The number of rotatable bonds is 7. The lowest BCUT2D eigenvalue weighted by Gasteiger charge is -2.28. The van der Waals surface area contributed by atoms with Gasteiger partial charge < -0.3 is 10.5 Å². The maximum absolute atomic E-state index is 12.3. The fourth-order valence-electron chi connectivity index (χ4n) is 1.42. The monoisotopic (exact) mass is 270 g/mol. The molecule has 7 heteroatoms. The van der Waals surface area contributed by atoms with Gasteiger partial charge in [-0.25, -0.2) is 0 Å². The Kier molecular flexibility index (Phi) is 7.23. The van der Waals surface area contributed by atoms with E-state index in [1.807, 2.05) is 0 Å². The molecule has 0 bridgehead atoms. The van der Waals surface area contributed by atoms with Crippen LogP contribution in [0.25, 0.3) is 0 Å². The third-order valence-electron chi connectivity index (χ3n) is 2.43. The molecule has 0 aromatic rings. The first-order chi connectivity index (χ1) is 8.17. The molecule has 108 valence electrons. The highest BCUT2D eigenvalue weighted by Gasteiger charge is 2.32. The van der Waals surface area contributed by atoms with Gasteiger partial charge in [0.05, 0.1) is 13.2 Å². The summed E-state index contributed by atoms with van der Waals surface area (Å²) in [5.41, 5.74) is 5.53. The van der Waals surface area contributed by atoms with Crippen LogP contribution < -0.4 is 5.73 Å². The van der Waals surface area contributed by atoms with Gasteiger partial charge in [0.25, 0.3) is 0 Å². The predicted molar refractivity (Wildman–Crippen MR) is 62.0 cm³/mol. The topological polar surface area (TPSA) is 55.6 Å². The van der Waals surface area contributed by atoms with Gasteiger partial charge in [-0.15, -0.1) is 0 Å². The molecule has 0 aliphatic carbocycles. The first-order valence-corrected chi connectivity index (χ1v) is 5.90. The van der Waals surface area contributed by atoms with Crippen molar-refractivity contribution in [2.75, 3.05) is 19.7 Å². The first-order valence-electron chi connectivity index (χ1n) is 5.90. The van der Waals surface area contributed by atoms with Gasteiger partial charge in [-0.1, -0.05) is 0 Å². The van der Waals surface area contributed by atoms with Crippen molar-refractivity contribution in [1.82, 2.24) is 4.90 Å². The summed E-state index contributed by atoms with van der Waals surface area (Å²) in [4.78, 5) is 12.5. The van der Waals surface area contributed by atoms with E-state index in [-0.39, 0.29) is 25.6 Å². The number of halogens is 3. The Bertz CT molecular complexity index is 257. The molecule has 1 atom stereocenters. The average Bonchev–Trinajstić information content (AvgIpc) is 2.22. The number of nitrogens with zero attached hydrogens (tertiary/aromatic N) is 1. The van der Waals surface area contributed by atoms with E-state index in [2.05, 4.69) is 0 Å². The Morgan fingerprint density at radius 1 is 1.39 bits per heavy atom. The Morgan fingerprint density at radius 2 is 1.94 bits per heavy atom. The second kappa shape index (κ2) is 7.58. The lowest BCUT2D eigenvalue weighted by Crippen LogP contribution is -2.43. The molecule has 4 nitrogen and oxygen atoms in total. The maximum Gasteiger partial charge on any atom is 0.401 e. The first kappa shape index (κ1) is 17.2. The number of hydrogen-bond acceptors (Lipinski definition) is 4. The zero-order valence-corrected chi connectivity index (χ0v) is 11.0. The van der Waals surface area contributed by atoms with Crippen LogP contribution in [-0.2, 0) is 9.53 Å². The predicted octanol–water partition coefficient (Wildman–Crippen LogP) is 1.54. The van der Waals surface area contributed by atoms with Gasteiger partial charge in [-0.2, -0.15) is 13.2 Å². The van der Waals surface area contributed by atoms with Crippen molar-refractivity contribution in [3.05, 3.63) is 0 Å². The standard InChI is InChI=1S/C11H21F3N2O2/c1-4-18-10(17)9(15)5-6-16(8(2)3)7-11(12,13)14/h8-9H,4-7,15H2,1-3H3. The van der Waals surface area contributed by atoms with E-state index in [1.165, 1.54) is 4.90 Å². The molecule has 0 radical (unpaired) electrons. The summed E-state index contributed by atoms with van der Waals surface area (Å²) in [5, 5.41) is 0. The average molecular weight is 270 g/mol. The fraction of sp³-hybridized carbons (Fsp3) is 0.909. The number of carbonyl (C=O) groups is 1. The maximum atomic E-state index is 12.3. The number of hydrogen-bond donors (Lipinski definition) is 1. The minimum atomic E-state index is -4.25. The van der Waals surface area contributed by atoms with Crippen LogP contribution in [0.5, 0.6) is 0 Å². The van der Waals surface area contributed by atoms with Gasteiger partial charge in [0, 0.05) is 12.6 Å². The van der Waals surface area contributed by atoms with Crippen LogP contribution in [0.3, 0.4) is 0 Å². The smallest absolute Gasteiger partial charge is 0.401 e. The van der Waals surface area contributed by atoms with Gasteiger partial charge in [0.2, 0.25) is 0 Å². The normalized spacial score (nSPS) is 14.1. The van der Waals surface area contributed by atoms with E-state index < -0.39 is 24.7 Å². The molecule has 0 amide bonds. The highest BCUT2D eigenvalue weighted by Crippen LogP contribution is 2.18. The summed E-state index contributed by atoms with van der Waals surface area (Å²) < 4.78 is 41.6. The Morgan fingerprint density at radius 3 is 2.33 bits per heavy atom. The summed E-state index contributed by atoms with van der Waals surface area (Å²) in [6.45, 7) is 4.30. The summed E-state index contributed by atoms with van der Waals surface area (Å²) in [5.74, 6) is -0.576. The van der Waals surface area contributed by atoms with E-state index in [1.54, 1.807) is 20.8 Å². The largest absolute Gasteiger partial charge is 0.465 e. The summed E-state index contributed by atoms with van der Waals surface area (Å²) >= 11 is 0. The summed E-state index contributed by atoms with van der Waals surface area (Å²) in [6, 6.07) is -1.14. The second-order valence-corrected chi connectivity index (χ2v) is 4.33. The van der Waals surface area contributed by atoms with Gasteiger partial charge in [-0.05, 0) is 27.2 Å². The third-order valence-corrected chi connectivity index (χ3v) is 2.43. The van der Waals surface area contributed by atoms with Gasteiger partial charge >= 0.3 is 12.1 Å². The van der Waals surface area contributed by atoms with E-state index in [4.69, 9.17) is 10.5 Å². The highest BCUT2D eigenvalue weighted by molar-refractivity contribution is 5.75. The second-order valence-electron chi connectivity index (χ2n) is 4.33. The molecule has 0 aromatic heterocycles. The Balaban J connectivity index is 4.23. The fourth-order valence-corrected chi connectivity index (χ4v) is 1.42. The number of esters is 1. The lowest BCUT2D eigenvalue weighted by atomic mass is 10.2. The highest BCUT2D eigenvalue weighted by atomic mass is 19.4. The van der Waals surface area contributed by atoms with Gasteiger partial charge in [-0.3, -0.25) is 9.69 Å². The zero-order valence-electron chi connectivity index (χ0n) is 11.0. The van der Waals surface area contributed by atoms with Crippen LogP contribution in [0.1, 0.15) is 27.2 Å². The molecule has 0 saturated carbocycles. The summed E-state index contributed by atoms with van der Waals surface area (Å²) in [7, 11) is 0. The minimum Gasteiger partial charge on any atom is -0.465 e. The van der Waals surface area contributed by atoms with Crippen LogP contribution in [-0.4, -0.2) is 48.8 Å². The molecule has 1 unspecified atom stereocenters. The van der Waals surface area contributed by atoms with Crippen LogP contribution in [0, 0.1) is 0 Å². The Hall–Kier alpha value is -0.820. The lowest BCUT2D eigenvalue weighted by molar-refractivity contribution is -0.150. The van der Waals surface area contributed by atoms with Crippen molar-refractivity contribution in [3.8, 4) is 0 Å². The number of carbonyl (C=O) groups excluding carboxylic acids is 1. The van der Waals surface area contributed by atoms with Crippen molar-refractivity contribution < 1.29 is 22.7 Å².